The molecule has 0 N–H and O–H groups in total. The van der Waals surface area contributed by atoms with Crippen molar-refractivity contribution in [2.75, 3.05) is 0 Å². The molecule has 1 heterocycles. The molecule has 0 aliphatic carbocycles. The van der Waals surface area contributed by atoms with Crippen molar-refractivity contribution in [2.45, 2.75) is 24.0 Å². The van der Waals surface area contributed by atoms with E-state index >= 15 is 0 Å². The third kappa shape index (κ3) is 4.28. The van der Waals surface area contributed by atoms with Crippen LogP contribution in [0.5, 0.6) is 0 Å². The lowest BCUT2D eigenvalue weighted by atomic mass is 10.1. The molecular weight excluding hydrogens is 363 g/mol. The van der Waals surface area contributed by atoms with Crippen LogP contribution in [0, 0.1) is 0 Å². The Kier molecular flexibility index (Phi) is 5.46. The summed E-state index contributed by atoms with van der Waals surface area (Å²) in [6, 6.07) is 15.5. The fourth-order valence-corrected chi connectivity index (χ4v) is 3.54. The highest BCUT2D eigenvalue weighted by molar-refractivity contribution is 7.92. The molecule has 2 aromatic carbocycles. The lowest BCUT2D eigenvalue weighted by Crippen LogP contribution is -2.13. The summed E-state index contributed by atoms with van der Waals surface area (Å²) >= 11 is 0. The highest BCUT2D eigenvalue weighted by Gasteiger charge is 2.19. The van der Waals surface area contributed by atoms with Crippen LogP contribution >= 0.6 is 0 Å². The van der Waals surface area contributed by atoms with Gasteiger partial charge in [-0.2, -0.15) is 0 Å². The molecule has 0 saturated carbocycles. The zero-order valence-electron chi connectivity index (χ0n) is 15.0. The fraction of sp³-hybridized carbons (Fsp3) is 0.143. The second-order valence-corrected chi connectivity index (χ2v) is 8.81. The van der Waals surface area contributed by atoms with Gasteiger partial charge in [-0.25, -0.2) is 17.8 Å². The molecule has 0 atom stereocenters. The Morgan fingerprint density at radius 1 is 1.00 bits per heavy atom. The molecule has 0 radical (unpaired) electrons. The van der Waals surface area contributed by atoms with Crippen molar-refractivity contribution < 1.29 is 12.8 Å². The van der Waals surface area contributed by atoms with Crippen molar-refractivity contribution in [3.8, 4) is 11.3 Å². The van der Waals surface area contributed by atoms with Gasteiger partial charge in [-0.15, -0.1) is 0 Å². The van der Waals surface area contributed by atoms with Gasteiger partial charge in [0.2, 0.25) is 0 Å². The zero-order valence-corrected chi connectivity index (χ0v) is 15.8. The van der Waals surface area contributed by atoms with Crippen LogP contribution in [0.1, 0.15) is 25.1 Å². The number of halogens is 1. The fourth-order valence-electron chi connectivity index (χ4n) is 2.48. The lowest BCUT2D eigenvalue weighted by molar-refractivity contribution is 0.587. The maximum Gasteiger partial charge on any atom is 0.180 e. The van der Waals surface area contributed by atoms with Crippen LogP contribution in [0.25, 0.3) is 23.2 Å². The number of hydrogen-bond donors (Lipinski definition) is 0. The Morgan fingerprint density at radius 2 is 1.67 bits per heavy atom. The maximum absolute atomic E-state index is 14.5. The standard InChI is InChI=1S/C21H19FN2O2S/c1-15(2)27(25,26)18-10-8-17(9-11-18)20-13-23-14-21(24-20)19(22)12-16-6-4-3-5-7-16/h3-15H,1-2H3/b19-12-. The van der Waals surface area contributed by atoms with Crippen molar-refractivity contribution >= 4 is 21.7 Å². The van der Waals surface area contributed by atoms with E-state index in [2.05, 4.69) is 9.97 Å². The van der Waals surface area contributed by atoms with Crippen molar-refractivity contribution in [3.63, 3.8) is 0 Å². The average molecular weight is 382 g/mol. The van der Waals surface area contributed by atoms with Gasteiger partial charge in [-0.05, 0) is 37.6 Å². The number of sulfone groups is 1. The predicted molar refractivity (Wildman–Crippen MR) is 105 cm³/mol. The largest absolute Gasteiger partial charge is 0.260 e. The lowest BCUT2D eigenvalue weighted by Gasteiger charge is -2.08. The first-order valence-corrected chi connectivity index (χ1v) is 10.0. The van der Waals surface area contributed by atoms with Gasteiger partial charge >= 0.3 is 0 Å². The third-order valence-electron chi connectivity index (χ3n) is 4.07. The molecule has 3 rings (SSSR count). The maximum atomic E-state index is 14.5. The molecule has 4 nitrogen and oxygen atoms in total. The van der Waals surface area contributed by atoms with Gasteiger partial charge in [-0.1, -0.05) is 42.5 Å². The molecular formula is C21H19FN2O2S. The van der Waals surface area contributed by atoms with E-state index in [1.165, 1.54) is 30.6 Å². The van der Waals surface area contributed by atoms with Crippen LogP contribution in [-0.4, -0.2) is 23.6 Å². The molecule has 0 spiro atoms. The van der Waals surface area contributed by atoms with Gasteiger partial charge in [0.25, 0.3) is 0 Å². The van der Waals surface area contributed by atoms with Crippen LogP contribution in [0.2, 0.25) is 0 Å². The van der Waals surface area contributed by atoms with Crippen LogP contribution in [-0.2, 0) is 9.84 Å². The van der Waals surface area contributed by atoms with Crippen LogP contribution < -0.4 is 0 Å². The minimum absolute atomic E-state index is 0.121. The van der Waals surface area contributed by atoms with Crippen LogP contribution in [0.15, 0.2) is 71.9 Å². The van der Waals surface area contributed by atoms with Gasteiger partial charge in [0.15, 0.2) is 15.7 Å². The van der Waals surface area contributed by atoms with Crippen molar-refractivity contribution in [1.29, 1.82) is 0 Å². The minimum atomic E-state index is -3.34. The quantitative estimate of drug-likeness (QED) is 0.636. The molecule has 27 heavy (non-hydrogen) atoms. The Bertz CT molecular complexity index is 1060. The van der Waals surface area contributed by atoms with Crippen molar-refractivity contribution in [3.05, 3.63) is 78.2 Å². The monoisotopic (exact) mass is 382 g/mol. The first-order chi connectivity index (χ1) is 12.9. The van der Waals surface area contributed by atoms with Gasteiger partial charge in [0.05, 0.1) is 28.2 Å². The summed E-state index contributed by atoms with van der Waals surface area (Å²) in [4.78, 5) is 8.62. The molecule has 0 saturated heterocycles. The molecule has 0 aliphatic heterocycles. The molecule has 1 aromatic heterocycles. The summed E-state index contributed by atoms with van der Waals surface area (Å²) in [7, 11) is -3.34. The van der Waals surface area contributed by atoms with Gasteiger partial charge in [-0.3, -0.25) is 4.98 Å². The summed E-state index contributed by atoms with van der Waals surface area (Å²) in [5.74, 6) is -0.491. The highest BCUT2D eigenvalue weighted by Crippen LogP contribution is 2.24. The molecule has 0 unspecified atom stereocenters. The van der Waals surface area contributed by atoms with Crippen molar-refractivity contribution in [1.82, 2.24) is 9.97 Å². The minimum Gasteiger partial charge on any atom is -0.260 e. The summed E-state index contributed by atoms with van der Waals surface area (Å²) in [6.07, 6.45) is 4.27. The summed E-state index contributed by atoms with van der Waals surface area (Å²) in [6.45, 7) is 3.28. The van der Waals surface area contributed by atoms with E-state index in [0.717, 1.165) is 5.56 Å². The van der Waals surface area contributed by atoms with E-state index in [9.17, 15) is 12.8 Å². The molecule has 0 bridgehead atoms. The van der Waals surface area contributed by atoms with Gasteiger partial charge < -0.3 is 0 Å². The normalized spacial score (nSPS) is 12.4. The number of rotatable bonds is 5. The van der Waals surface area contributed by atoms with Gasteiger partial charge in [0.1, 0.15) is 5.69 Å². The summed E-state index contributed by atoms with van der Waals surface area (Å²) in [5.41, 5.74) is 1.98. The predicted octanol–water partition coefficient (Wildman–Crippen LogP) is 4.79. The molecule has 6 heteroatoms. The SMILES string of the molecule is CC(C)S(=O)(=O)c1ccc(-c2cncc(/C(F)=C/c3ccccc3)n2)cc1. The Morgan fingerprint density at radius 3 is 2.30 bits per heavy atom. The number of hydrogen-bond acceptors (Lipinski definition) is 4. The summed E-state index contributed by atoms with van der Waals surface area (Å²) in [5, 5.41) is -0.497. The second kappa shape index (κ2) is 7.80. The third-order valence-corrected chi connectivity index (χ3v) is 6.24. The zero-order chi connectivity index (χ0) is 19.4. The van der Waals surface area contributed by atoms with E-state index in [0.29, 0.717) is 11.3 Å². The van der Waals surface area contributed by atoms with E-state index < -0.39 is 20.9 Å². The van der Waals surface area contributed by atoms with E-state index in [1.54, 1.807) is 38.1 Å². The second-order valence-electron chi connectivity index (χ2n) is 6.31. The molecule has 0 aliphatic rings. The van der Waals surface area contributed by atoms with Crippen LogP contribution in [0.4, 0.5) is 4.39 Å². The number of aromatic nitrogens is 2. The average Bonchev–Trinajstić information content (AvgIpc) is 2.69. The first kappa shape index (κ1) is 18.9. The van der Waals surface area contributed by atoms with E-state index in [1.807, 2.05) is 18.2 Å². The molecule has 0 amide bonds. The topological polar surface area (TPSA) is 59.9 Å². The summed E-state index contributed by atoms with van der Waals surface area (Å²) < 4.78 is 38.9. The number of nitrogens with zero attached hydrogens (tertiary/aromatic N) is 2. The van der Waals surface area contributed by atoms with Crippen LogP contribution in [0.3, 0.4) is 0 Å². The molecule has 0 fully saturated rings. The smallest absolute Gasteiger partial charge is 0.180 e. The van der Waals surface area contributed by atoms with E-state index in [-0.39, 0.29) is 10.6 Å². The number of benzene rings is 2. The van der Waals surface area contributed by atoms with Gasteiger partial charge in [0, 0.05) is 5.56 Å². The highest BCUT2D eigenvalue weighted by atomic mass is 32.2. The Hall–Kier alpha value is -2.86. The first-order valence-electron chi connectivity index (χ1n) is 8.47. The Labute approximate surface area is 158 Å². The molecule has 3 aromatic rings. The van der Waals surface area contributed by atoms with Crippen molar-refractivity contribution in [2.24, 2.45) is 0 Å². The molecule has 138 valence electrons. The Balaban J connectivity index is 1.91. The van der Waals surface area contributed by atoms with E-state index in [4.69, 9.17) is 0 Å².